The molecule has 0 aliphatic rings. The van der Waals surface area contributed by atoms with E-state index in [4.69, 9.17) is 14.2 Å². The predicted molar refractivity (Wildman–Crippen MR) is 131 cm³/mol. The van der Waals surface area contributed by atoms with Crippen LogP contribution in [0.3, 0.4) is 0 Å². The van der Waals surface area contributed by atoms with Crippen molar-refractivity contribution in [2.24, 2.45) is 0 Å². The number of benzene rings is 2. The van der Waals surface area contributed by atoms with Gasteiger partial charge in [-0.05, 0) is 30.3 Å². The molecule has 0 radical (unpaired) electrons. The standard InChI is InChI=1S/C26H23N3O6/c1-33-18-6-4-5-17(11-18)28-24(30)15-29-14-20(25(31)16-7-9-27-10-8-16)26(32)19-12-22(34-2)23(35-3)13-21(19)29/h4-14H,15H2,1-3H3,(H,28,30). The van der Waals surface area contributed by atoms with Crippen molar-refractivity contribution in [2.75, 3.05) is 26.6 Å². The maximum absolute atomic E-state index is 13.3. The quantitative estimate of drug-likeness (QED) is 0.391. The number of rotatable bonds is 8. The Hall–Kier alpha value is -4.66. The van der Waals surface area contributed by atoms with Gasteiger partial charge in [0.25, 0.3) is 0 Å². The van der Waals surface area contributed by atoms with Crippen molar-refractivity contribution in [1.29, 1.82) is 0 Å². The highest BCUT2D eigenvalue weighted by Crippen LogP contribution is 2.31. The van der Waals surface area contributed by atoms with Gasteiger partial charge < -0.3 is 24.1 Å². The van der Waals surface area contributed by atoms with E-state index in [2.05, 4.69) is 10.3 Å². The molecule has 1 amide bonds. The van der Waals surface area contributed by atoms with E-state index in [1.165, 1.54) is 58.1 Å². The van der Waals surface area contributed by atoms with Gasteiger partial charge in [0.2, 0.25) is 11.3 Å². The zero-order chi connectivity index (χ0) is 24.9. The fraction of sp³-hybridized carbons (Fsp3) is 0.154. The van der Waals surface area contributed by atoms with E-state index in [1.807, 2.05) is 0 Å². The molecule has 9 heteroatoms. The van der Waals surface area contributed by atoms with E-state index in [9.17, 15) is 14.4 Å². The van der Waals surface area contributed by atoms with E-state index in [1.54, 1.807) is 34.9 Å². The molecule has 0 aliphatic carbocycles. The van der Waals surface area contributed by atoms with Gasteiger partial charge in [-0.25, -0.2) is 0 Å². The highest BCUT2D eigenvalue weighted by Gasteiger charge is 2.20. The molecule has 0 fully saturated rings. The first-order chi connectivity index (χ1) is 16.9. The van der Waals surface area contributed by atoms with Gasteiger partial charge >= 0.3 is 0 Å². The van der Waals surface area contributed by atoms with Crippen molar-refractivity contribution in [1.82, 2.24) is 9.55 Å². The molecule has 0 atom stereocenters. The molecule has 0 saturated heterocycles. The lowest BCUT2D eigenvalue weighted by atomic mass is 10.0. The zero-order valence-electron chi connectivity index (χ0n) is 19.4. The van der Waals surface area contributed by atoms with Crippen LogP contribution in [-0.4, -0.2) is 42.6 Å². The Morgan fingerprint density at radius 1 is 0.943 bits per heavy atom. The predicted octanol–water partition coefficient (Wildman–Crippen LogP) is 3.29. The normalized spacial score (nSPS) is 10.6. The number of aromatic nitrogens is 2. The number of methoxy groups -OCH3 is 3. The minimum absolute atomic E-state index is 0.0786. The minimum Gasteiger partial charge on any atom is -0.497 e. The molecule has 2 heterocycles. The summed E-state index contributed by atoms with van der Waals surface area (Å²) >= 11 is 0. The maximum atomic E-state index is 13.3. The third-order valence-corrected chi connectivity index (χ3v) is 5.44. The van der Waals surface area contributed by atoms with E-state index in [0.717, 1.165) is 0 Å². The van der Waals surface area contributed by atoms with Crippen LogP contribution >= 0.6 is 0 Å². The number of hydrogen-bond donors (Lipinski definition) is 1. The third-order valence-electron chi connectivity index (χ3n) is 5.44. The van der Waals surface area contributed by atoms with Gasteiger partial charge in [-0.1, -0.05) is 6.07 Å². The van der Waals surface area contributed by atoms with Crippen LogP contribution < -0.4 is 25.0 Å². The topological polar surface area (TPSA) is 109 Å². The number of anilines is 1. The van der Waals surface area contributed by atoms with Gasteiger partial charge in [0, 0.05) is 42.0 Å². The molecule has 2 aromatic heterocycles. The average molecular weight is 473 g/mol. The highest BCUT2D eigenvalue weighted by molar-refractivity contribution is 6.10. The molecule has 1 N–H and O–H groups in total. The molecule has 4 rings (SSSR count). The Kier molecular flexibility index (Phi) is 6.77. The Balaban J connectivity index is 1.82. The summed E-state index contributed by atoms with van der Waals surface area (Å²) in [6.07, 6.45) is 4.34. The number of nitrogens with one attached hydrogen (secondary N) is 1. The Labute approximate surface area is 200 Å². The van der Waals surface area contributed by atoms with Crippen LogP contribution in [0.4, 0.5) is 5.69 Å². The van der Waals surface area contributed by atoms with Gasteiger partial charge in [0.1, 0.15) is 12.3 Å². The first kappa shape index (κ1) is 23.5. The first-order valence-corrected chi connectivity index (χ1v) is 10.6. The van der Waals surface area contributed by atoms with Gasteiger partial charge in [-0.3, -0.25) is 19.4 Å². The van der Waals surface area contributed by atoms with Gasteiger partial charge in [-0.15, -0.1) is 0 Å². The third kappa shape index (κ3) is 4.84. The summed E-state index contributed by atoms with van der Waals surface area (Å²) in [7, 11) is 4.47. The highest BCUT2D eigenvalue weighted by atomic mass is 16.5. The summed E-state index contributed by atoms with van der Waals surface area (Å²) in [5.41, 5.74) is 0.716. The number of ketones is 1. The molecule has 2 aromatic carbocycles. The molecule has 4 aromatic rings. The summed E-state index contributed by atoms with van der Waals surface area (Å²) < 4.78 is 17.5. The van der Waals surface area contributed by atoms with E-state index in [0.29, 0.717) is 34.0 Å². The zero-order valence-corrected chi connectivity index (χ0v) is 19.4. The fourth-order valence-electron chi connectivity index (χ4n) is 3.72. The summed E-state index contributed by atoms with van der Waals surface area (Å²) in [6.45, 7) is -0.167. The van der Waals surface area contributed by atoms with E-state index >= 15 is 0 Å². The Bertz CT molecular complexity index is 1460. The summed E-state index contributed by atoms with van der Waals surface area (Å²) in [5, 5.41) is 3.03. The lowest BCUT2D eigenvalue weighted by molar-refractivity contribution is -0.116. The van der Waals surface area contributed by atoms with Crippen LogP contribution in [0, 0.1) is 0 Å². The largest absolute Gasteiger partial charge is 0.497 e. The molecule has 0 saturated carbocycles. The number of hydrogen-bond acceptors (Lipinski definition) is 7. The Morgan fingerprint density at radius 2 is 1.66 bits per heavy atom. The molecular weight excluding hydrogens is 450 g/mol. The molecule has 9 nitrogen and oxygen atoms in total. The molecule has 35 heavy (non-hydrogen) atoms. The number of nitrogens with zero attached hydrogens (tertiary/aromatic N) is 2. The molecule has 0 bridgehead atoms. The van der Waals surface area contributed by atoms with Gasteiger partial charge in [-0.2, -0.15) is 0 Å². The SMILES string of the molecule is COc1cccc(NC(=O)Cn2cc(C(=O)c3ccncc3)c(=O)c3cc(OC)c(OC)cc32)c1. The number of carbonyl (C=O) groups excluding carboxylic acids is 2. The van der Waals surface area contributed by atoms with Crippen LogP contribution in [0.1, 0.15) is 15.9 Å². The molecular formula is C26H23N3O6. The van der Waals surface area contributed by atoms with Crippen molar-refractivity contribution < 1.29 is 23.8 Å². The van der Waals surface area contributed by atoms with Gasteiger partial charge in [0.15, 0.2) is 17.3 Å². The second-order valence-corrected chi connectivity index (χ2v) is 7.57. The second-order valence-electron chi connectivity index (χ2n) is 7.57. The van der Waals surface area contributed by atoms with Crippen molar-refractivity contribution in [2.45, 2.75) is 6.54 Å². The van der Waals surface area contributed by atoms with Crippen molar-refractivity contribution in [3.05, 3.63) is 88.5 Å². The van der Waals surface area contributed by atoms with Crippen LogP contribution in [0.5, 0.6) is 17.2 Å². The second kappa shape index (κ2) is 10.1. The van der Waals surface area contributed by atoms with Crippen LogP contribution in [-0.2, 0) is 11.3 Å². The maximum Gasteiger partial charge on any atom is 0.244 e. The Morgan fingerprint density at radius 3 is 2.34 bits per heavy atom. The average Bonchev–Trinajstić information content (AvgIpc) is 2.89. The summed E-state index contributed by atoms with van der Waals surface area (Å²) in [6, 6.07) is 13.1. The lowest BCUT2D eigenvalue weighted by Crippen LogP contribution is -2.24. The van der Waals surface area contributed by atoms with Crippen molar-refractivity contribution >= 4 is 28.3 Å². The van der Waals surface area contributed by atoms with Gasteiger partial charge in [0.05, 0.1) is 37.8 Å². The van der Waals surface area contributed by atoms with Crippen LogP contribution in [0.25, 0.3) is 10.9 Å². The number of ether oxygens (including phenoxy) is 3. The number of pyridine rings is 2. The lowest BCUT2D eigenvalue weighted by Gasteiger charge is -2.16. The summed E-state index contributed by atoms with van der Waals surface area (Å²) in [5.74, 6) is 0.475. The van der Waals surface area contributed by atoms with E-state index < -0.39 is 11.2 Å². The van der Waals surface area contributed by atoms with E-state index in [-0.39, 0.29) is 23.4 Å². The van der Waals surface area contributed by atoms with Crippen LogP contribution in [0.2, 0.25) is 0 Å². The fourth-order valence-corrected chi connectivity index (χ4v) is 3.72. The molecule has 0 spiro atoms. The number of fused-ring (bicyclic) bond motifs is 1. The van der Waals surface area contributed by atoms with Crippen molar-refractivity contribution in [3.63, 3.8) is 0 Å². The monoisotopic (exact) mass is 473 g/mol. The van der Waals surface area contributed by atoms with Crippen molar-refractivity contribution in [3.8, 4) is 17.2 Å². The van der Waals surface area contributed by atoms with Crippen LogP contribution in [0.15, 0.2) is 71.9 Å². The smallest absolute Gasteiger partial charge is 0.244 e. The number of amides is 1. The molecule has 0 aliphatic heterocycles. The first-order valence-electron chi connectivity index (χ1n) is 10.6. The number of carbonyl (C=O) groups is 2. The molecule has 0 unspecified atom stereocenters. The summed E-state index contributed by atoms with van der Waals surface area (Å²) in [4.78, 5) is 43.4. The minimum atomic E-state index is -0.479. The molecule has 178 valence electrons.